The van der Waals surface area contributed by atoms with Crippen LogP contribution in [0.25, 0.3) is 0 Å². The Kier molecular flexibility index (Phi) is 10.8. The second-order valence-corrected chi connectivity index (χ2v) is 9.78. The normalized spacial score (nSPS) is 14.8. The Bertz CT molecular complexity index is 916. The summed E-state index contributed by atoms with van der Waals surface area (Å²) in [6.07, 6.45) is 5.84. The highest BCUT2D eigenvalue weighted by atomic mass is 35.5. The van der Waals surface area contributed by atoms with Crippen LogP contribution in [-0.2, 0) is 6.54 Å². The van der Waals surface area contributed by atoms with Crippen molar-refractivity contribution < 1.29 is 9.53 Å². The quantitative estimate of drug-likeness (QED) is 0.279. The summed E-state index contributed by atoms with van der Waals surface area (Å²) in [7, 11) is 1.52. The van der Waals surface area contributed by atoms with E-state index in [2.05, 4.69) is 27.7 Å². The van der Waals surface area contributed by atoms with Gasteiger partial charge in [-0.2, -0.15) is 0 Å². The fourth-order valence-corrected chi connectivity index (χ4v) is 4.55. The Morgan fingerprint density at radius 2 is 1.85 bits per heavy atom. The van der Waals surface area contributed by atoms with Crippen molar-refractivity contribution in [3.63, 3.8) is 0 Å². The number of piperidine rings is 1. The summed E-state index contributed by atoms with van der Waals surface area (Å²) in [6.45, 7) is 5.92. The zero-order valence-electron chi connectivity index (χ0n) is 19.9. The number of benzene rings is 2. The van der Waals surface area contributed by atoms with E-state index in [1.54, 1.807) is 12.1 Å². The van der Waals surface area contributed by atoms with Crippen LogP contribution in [-0.4, -0.2) is 50.6 Å². The smallest absolute Gasteiger partial charge is 0.255 e. The Balaban J connectivity index is 1.25. The molecule has 3 rings (SSSR count). The van der Waals surface area contributed by atoms with Crippen molar-refractivity contribution in [2.75, 3.05) is 45.6 Å². The molecule has 8 heteroatoms. The number of carbonyl (C=O) groups is 1. The first-order valence-corrected chi connectivity index (χ1v) is 12.8. The van der Waals surface area contributed by atoms with Gasteiger partial charge in [0.05, 0.1) is 23.4 Å². The van der Waals surface area contributed by atoms with Crippen LogP contribution >= 0.6 is 23.2 Å². The molecule has 4 N–H and O–H groups in total. The highest BCUT2D eigenvalue weighted by Crippen LogP contribution is 2.29. The van der Waals surface area contributed by atoms with Crippen molar-refractivity contribution >= 4 is 34.8 Å². The largest absolute Gasteiger partial charge is 0.496 e. The molecule has 1 aliphatic rings. The molecule has 2 aromatic rings. The van der Waals surface area contributed by atoms with Crippen molar-refractivity contribution in [3.05, 3.63) is 57.6 Å². The number of ether oxygens (including phenoxy) is 1. The first-order valence-electron chi connectivity index (χ1n) is 12.0. The maximum atomic E-state index is 12.6. The number of rotatable bonds is 12. The van der Waals surface area contributed by atoms with E-state index in [-0.39, 0.29) is 5.91 Å². The third kappa shape index (κ3) is 8.35. The molecular weight excluding hydrogens is 471 g/mol. The van der Waals surface area contributed by atoms with E-state index in [4.69, 9.17) is 33.7 Å². The number of carbonyl (C=O) groups excluding carboxylic acids is 1. The fourth-order valence-electron chi connectivity index (χ4n) is 4.26. The van der Waals surface area contributed by atoms with Crippen LogP contribution in [0.4, 0.5) is 5.69 Å². The molecule has 0 saturated carbocycles. The van der Waals surface area contributed by atoms with E-state index < -0.39 is 0 Å². The van der Waals surface area contributed by atoms with Gasteiger partial charge in [0.25, 0.3) is 5.91 Å². The number of nitrogens with zero attached hydrogens (tertiary/aromatic N) is 1. The maximum Gasteiger partial charge on any atom is 0.255 e. The predicted molar refractivity (Wildman–Crippen MR) is 141 cm³/mol. The van der Waals surface area contributed by atoms with Gasteiger partial charge in [-0.05, 0) is 81.5 Å². The van der Waals surface area contributed by atoms with Crippen molar-refractivity contribution in [2.45, 2.75) is 38.6 Å². The van der Waals surface area contributed by atoms with E-state index >= 15 is 0 Å². The van der Waals surface area contributed by atoms with Gasteiger partial charge in [0.2, 0.25) is 0 Å². The van der Waals surface area contributed by atoms with Gasteiger partial charge in [0, 0.05) is 24.2 Å². The summed E-state index contributed by atoms with van der Waals surface area (Å²) in [5.41, 5.74) is 7.89. The lowest BCUT2D eigenvalue weighted by Crippen LogP contribution is -2.39. The van der Waals surface area contributed by atoms with Gasteiger partial charge in [-0.25, -0.2) is 0 Å². The Hall–Kier alpha value is -1.99. The minimum Gasteiger partial charge on any atom is -0.496 e. The Morgan fingerprint density at radius 3 is 2.56 bits per heavy atom. The third-order valence-electron chi connectivity index (χ3n) is 6.39. The summed E-state index contributed by atoms with van der Waals surface area (Å²) in [6, 6.07) is 11.2. The van der Waals surface area contributed by atoms with E-state index in [9.17, 15) is 4.79 Å². The number of likely N-dealkylation sites (tertiary alicyclic amines) is 1. The summed E-state index contributed by atoms with van der Waals surface area (Å²) < 4.78 is 5.29. The number of hydrogen-bond donors (Lipinski definition) is 3. The Morgan fingerprint density at radius 1 is 1.12 bits per heavy atom. The number of amides is 1. The standard InChI is InChI=1S/C26H36Cl2N4O2/c1-34-25-16-24(29)23(28)15-22(25)26(33)31-18-20-9-13-32(14-10-20)12-4-2-3-11-30-17-19-5-7-21(27)8-6-19/h5-8,15-16,20,30H,2-4,9-14,17-18,29H2,1H3,(H,31,33). The van der Waals surface area contributed by atoms with Crippen molar-refractivity contribution in [1.82, 2.24) is 15.5 Å². The van der Waals surface area contributed by atoms with Crippen LogP contribution in [0.2, 0.25) is 10.0 Å². The lowest BCUT2D eigenvalue weighted by Gasteiger charge is -2.32. The van der Waals surface area contributed by atoms with E-state index in [1.165, 1.54) is 31.9 Å². The fraction of sp³-hybridized carbons (Fsp3) is 0.500. The molecule has 34 heavy (non-hydrogen) atoms. The molecule has 1 fully saturated rings. The molecule has 0 atom stereocenters. The van der Waals surface area contributed by atoms with E-state index in [0.717, 1.165) is 50.6 Å². The van der Waals surface area contributed by atoms with Crippen molar-refractivity contribution in [2.24, 2.45) is 5.92 Å². The molecule has 186 valence electrons. The number of hydrogen-bond acceptors (Lipinski definition) is 5. The van der Waals surface area contributed by atoms with Gasteiger partial charge < -0.3 is 26.0 Å². The molecule has 1 amide bonds. The average molecular weight is 508 g/mol. The molecule has 2 aromatic carbocycles. The first kappa shape index (κ1) is 26.6. The molecule has 0 bridgehead atoms. The van der Waals surface area contributed by atoms with Crippen LogP contribution in [0.3, 0.4) is 0 Å². The molecule has 0 aliphatic carbocycles. The first-order chi connectivity index (χ1) is 16.5. The highest BCUT2D eigenvalue weighted by molar-refractivity contribution is 6.33. The van der Waals surface area contributed by atoms with Gasteiger partial charge in [-0.1, -0.05) is 41.8 Å². The zero-order valence-corrected chi connectivity index (χ0v) is 21.4. The van der Waals surface area contributed by atoms with Gasteiger partial charge in [0.15, 0.2) is 0 Å². The van der Waals surface area contributed by atoms with Crippen LogP contribution in [0.15, 0.2) is 36.4 Å². The van der Waals surface area contributed by atoms with Gasteiger partial charge in [-0.15, -0.1) is 0 Å². The monoisotopic (exact) mass is 506 g/mol. The maximum absolute atomic E-state index is 12.6. The minimum atomic E-state index is -0.175. The van der Waals surface area contributed by atoms with E-state index in [0.29, 0.717) is 34.5 Å². The summed E-state index contributed by atoms with van der Waals surface area (Å²) in [5.74, 6) is 0.757. The van der Waals surface area contributed by atoms with Crippen LogP contribution in [0, 0.1) is 5.92 Å². The second kappa shape index (κ2) is 13.8. The molecule has 0 radical (unpaired) electrons. The lowest BCUT2D eigenvalue weighted by molar-refractivity contribution is 0.0933. The van der Waals surface area contributed by atoms with Crippen molar-refractivity contribution in [1.29, 1.82) is 0 Å². The molecule has 0 spiro atoms. The minimum absolute atomic E-state index is 0.175. The number of unbranched alkanes of at least 4 members (excludes halogenated alkanes) is 2. The number of nitrogen functional groups attached to an aromatic ring is 1. The molecule has 0 unspecified atom stereocenters. The van der Waals surface area contributed by atoms with Gasteiger partial charge in [-0.3, -0.25) is 4.79 Å². The molecule has 1 aliphatic heterocycles. The molecular formula is C26H36Cl2N4O2. The molecule has 1 heterocycles. The average Bonchev–Trinajstić information content (AvgIpc) is 2.85. The topological polar surface area (TPSA) is 79.6 Å². The third-order valence-corrected chi connectivity index (χ3v) is 6.97. The summed E-state index contributed by atoms with van der Waals surface area (Å²) in [5, 5.41) is 7.68. The van der Waals surface area contributed by atoms with Crippen molar-refractivity contribution in [3.8, 4) is 5.75 Å². The zero-order chi connectivity index (χ0) is 24.3. The van der Waals surface area contributed by atoms with Gasteiger partial charge >= 0.3 is 0 Å². The highest BCUT2D eigenvalue weighted by Gasteiger charge is 2.21. The number of nitrogens with two attached hydrogens (primary N) is 1. The lowest BCUT2D eigenvalue weighted by atomic mass is 9.96. The number of anilines is 1. The number of nitrogens with one attached hydrogen (secondary N) is 2. The second-order valence-electron chi connectivity index (χ2n) is 8.93. The summed E-state index contributed by atoms with van der Waals surface area (Å²) in [4.78, 5) is 15.2. The molecule has 1 saturated heterocycles. The molecule has 6 nitrogen and oxygen atoms in total. The molecule has 0 aromatic heterocycles. The van der Waals surface area contributed by atoms with Crippen LogP contribution in [0.5, 0.6) is 5.75 Å². The number of halogens is 2. The van der Waals surface area contributed by atoms with Crippen LogP contribution < -0.4 is 21.1 Å². The number of methoxy groups -OCH3 is 1. The predicted octanol–water partition coefficient (Wildman–Crippen LogP) is 4.99. The van der Waals surface area contributed by atoms with Gasteiger partial charge in [0.1, 0.15) is 5.75 Å². The SMILES string of the molecule is COc1cc(N)c(Cl)cc1C(=O)NCC1CCN(CCCCCNCc2ccc(Cl)cc2)CC1. The van der Waals surface area contributed by atoms with E-state index in [1.807, 2.05) is 12.1 Å². The van der Waals surface area contributed by atoms with Crippen LogP contribution in [0.1, 0.15) is 48.0 Å². The summed E-state index contributed by atoms with van der Waals surface area (Å²) >= 11 is 12.0. The Labute approximate surface area is 213 Å².